The quantitative estimate of drug-likeness (QED) is 0.465. The predicted molar refractivity (Wildman–Crippen MR) is 119 cm³/mol. The number of benzene rings is 3. The van der Waals surface area contributed by atoms with Crippen LogP contribution in [0, 0.1) is 20.8 Å². The fourth-order valence-electron chi connectivity index (χ4n) is 3.36. The fraction of sp³-hybridized carbons (Fsp3) is 0.280. The molecule has 0 fully saturated rings. The molecule has 0 aromatic heterocycles. The molecule has 0 atom stereocenters. The predicted octanol–water partition coefficient (Wildman–Crippen LogP) is 5.81. The first-order valence-electron chi connectivity index (χ1n) is 10.1. The zero-order valence-corrected chi connectivity index (χ0v) is 17.4. The first kappa shape index (κ1) is 20.1. The monoisotopic (exact) mass is 372 g/mol. The summed E-state index contributed by atoms with van der Waals surface area (Å²) in [4.78, 5) is 0. The van der Waals surface area contributed by atoms with Crippen molar-refractivity contribution in [2.45, 2.75) is 47.0 Å². The molecule has 0 aliphatic carbocycles. The SMILES string of the molecule is CCCCc1cccc(B(Oc2ccccc2C)Oc2ccccc2C)c1C. The van der Waals surface area contributed by atoms with Gasteiger partial charge >= 0.3 is 7.12 Å². The molecule has 2 nitrogen and oxygen atoms in total. The van der Waals surface area contributed by atoms with Crippen molar-refractivity contribution in [2.24, 2.45) is 0 Å². The molecule has 0 unspecified atom stereocenters. The van der Waals surface area contributed by atoms with Crippen LogP contribution in [-0.2, 0) is 6.42 Å². The zero-order valence-electron chi connectivity index (χ0n) is 17.4. The van der Waals surface area contributed by atoms with Crippen molar-refractivity contribution in [3.63, 3.8) is 0 Å². The average molecular weight is 372 g/mol. The van der Waals surface area contributed by atoms with E-state index in [2.05, 4.69) is 58.0 Å². The minimum Gasteiger partial charge on any atom is -0.522 e. The van der Waals surface area contributed by atoms with Crippen molar-refractivity contribution < 1.29 is 9.31 Å². The van der Waals surface area contributed by atoms with E-state index in [0.29, 0.717) is 0 Å². The van der Waals surface area contributed by atoms with E-state index in [-0.39, 0.29) is 0 Å². The van der Waals surface area contributed by atoms with Gasteiger partial charge in [-0.25, -0.2) is 0 Å². The fourth-order valence-corrected chi connectivity index (χ4v) is 3.36. The molecule has 3 heteroatoms. The first-order chi connectivity index (χ1) is 13.6. The van der Waals surface area contributed by atoms with Gasteiger partial charge in [0.15, 0.2) is 0 Å². The van der Waals surface area contributed by atoms with Crippen molar-refractivity contribution >= 4 is 12.6 Å². The number of hydrogen-bond acceptors (Lipinski definition) is 2. The Kier molecular flexibility index (Phi) is 6.81. The number of rotatable bonds is 8. The van der Waals surface area contributed by atoms with E-state index in [1.807, 2.05) is 36.4 Å². The van der Waals surface area contributed by atoms with Crippen LogP contribution in [-0.4, -0.2) is 7.12 Å². The molecule has 144 valence electrons. The summed E-state index contributed by atoms with van der Waals surface area (Å²) < 4.78 is 12.8. The molecular formula is C25H29BO2. The Bertz CT molecular complexity index is 872. The van der Waals surface area contributed by atoms with Gasteiger partial charge in [0, 0.05) is 5.46 Å². The average Bonchev–Trinajstić information content (AvgIpc) is 2.70. The van der Waals surface area contributed by atoms with Crippen LogP contribution in [0.3, 0.4) is 0 Å². The zero-order chi connectivity index (χ0) is 19.9. The van der Waals surface area contributed by atoms with E-state index in [9.17, 15) is 0 Å². The third kappa shape index (κ3) is 4.78. The van der Waals surface area contributed by atoms with Gasteiger partial charge in [-0.2, -0.15) is 0 Å². The van der Waals surface area contributed by atoms with Gasteiger partial charge < -0.3 is 9.31 Å². The third-order valence-corrected chi connectivity index (χ3v) is 5.20. The van der Waals surface area contributed by atoms with Gasteiger partial charge in [-0.05, 0) is 68.0 Å². The van der Waals surface area contributed by atoms with Crippen LogP contribution in [0.1, 0.15) is 42.0 Å². The molecule has 0 saturated heterocycles. The summed E-state index contributed by atoms with van der Waals surface area (Å²) in [5, 5.41) is 0. The topological polar surface area (TPSA) is 18.5 Å². The number of unbranched alkanes of at least 4 members (excludes halogenated alkanes) is 1. The van der Waals surface area contributed by atoms with Crippen LogP contribution >= 0.6 is 0 Å². The second kappa shape index (κ2) is 9.50. The number of para-hydroxylation sites is 2. The molecule has 0 heterocycles. The molecule has 0 aliphatic heterocycles. The van der Waals surface area contributed by atoms with Crippen LogP contribution < -0.4 is 14.8 Å². The maximum absolute atomic E-state index is 6.41. The molecule has 0 radical (unpaired) electrons. The summed E-state index contributed by atoms with van der Waals surface area (Å²) in [6.07, 6.45) is 3.45. The highest BCUT2D eigenvalue weighted by atomic mass is 16.6. The molecule has 28 heavy (non-hydrogen) atoms. The van der Waals surface area contributed by atoms with Gasteiger partial charge in [0.05, 0.1) is 0 Å². The van der Waals surface area contributed by atoms with Crippen LogP contribution in [0.25, 0.3) is 0 Å². The lowest BCUT2D eigenvalue weighted by Gasteiger charge is -2.21. The van der Waals surface area contributed by atoms with Crippen LogP contribution in [0.5, 0.6) is 11.5 Å². The van der Waals surface area contributed by atoms with Crippen LogP contribution in [0.15, 0.2) is 66.7 Å². The summed E-state index contributed by atoms with van der Waals surface area (Å²) in [6.45, 7) is 8.52. The molecule has 0 amide bonds. The molecule has 3 aromatic carbocycles. The molecule has 0 saturated carbocycles. The lowest BCUT2D eigenvalue weighted by atomic mass is 9.74. The summed E-state index contributed by atoms with van der Waals surface area (Å²) in [7, 11) is -0.497. The van der Waals surface area contributed by atoms with Crippen LogP contribution in [0.2, 0.25) is 0 Å². The maximum atomic E-state index is 6.41. The summed E-state index contributed by atoms with van der Waals surface area (Å²) in [6, 6.07) is 22.6. The Morgan fingerprint density at radius 2 is 1.29 bits per heavy atom. The largest absolute Gasteiger partial charge is 0.632 e. The third-order valence-electron chi connectivity index (χ3n) is 5.20. The lowest BCUT2D eigenvalue weighted by Crippen LogP contribution is -2.44. The normalized spacial score (nSPS) is 10.6. The molecule has 0 bridgehead atoms. The smallest absolute Gasteiger partial charge is 0.522 e. The Balaban J connectivity index is 1.98. The van der Waals surface area contributed by atoms with Gasteiger partial charge in [-0.3, -0.25) is 0 Å². The van der Waals surface area contributed by atoms with Gasteiger partial charge in [-0.15, -0.1) is 0 Å². The van der Waals surface area contributed by atoms with E-state index in [1.54, 1.807) is 0 Å². The van der Waals surface area contributed by atoms with E-state index in [0.717, 1.165) is 34.5 Å². The molecular weight excluding hydrogens is 343 g/mol. The minimum atomic E-state index is -0.497. The van der Waals surface area contributed by atoms with Gasteiger partial charge in [0.2, 0.25) is 0 Å². The Morgan fingerprint density at radius 1 is 0.714 bits per heavy atom. The molecule has 0 spiro atoms. The Morgan fingerprint density at radius 3 is 1.82 bits per heavy atom. The van der Waals surface area contributed by atoms with E-state index < -0.39 is 7.12 Å². The van der Waals surface area contributed by atoms with Crippen molar-refractivity contribution in [1.82, 2.24) is 0 Å². The van der Waals surface area contributed by atoms with E-state index in [4.69, 9.17) is 9.31 Å². The van der Waals surface area contributed by atoms with E-state index >= 15 is 0 Å². The minimum absolute atomic E-state index is 0.497. The number of hydrogen-bond donors (Lipinski definition) is 0. The first-order valence-corrected chi connectivity index (χ1v) is 10.1. The standard InChI is InChI=1S/C25H29BO2/c1-5-6-14-22-15-11-16-23(21(22)4)26(27-24-17-9-7-12-19(24)2)28-25-18-10-8-13-20(25)3/h7-13,15-18H,5-6,14H2,1-4H3. The molecule has 3 rings (SSSR count). The lowest BCUT2D eigenvalue weighted by molar-refractivity contribution is 0.435. The summed E-state index contributed by atoms with van der Waals surface area (Å²) in [5.41, 5.74) is 5.90. The molecule has 0 aliphatic rings. The molecule has 3 aromatic rings. The Labute approximate surface area is 169 Å². The maximum Gasteiger partial charge on any atom is 0.632 e. The summed E-state index contributed by atoms with van der Waals surface area (Å²) in [5.74, 6) is 1.69. The molecule has 0 N–H and O–H groups in total. The second-order valence-electron chi connectivity index (χ2n) is 7.33. The highest BCUT2D eigenvalue weighted by Gasteiger charge is 2.30. The summed E-state index contributed by atoms with van der Waals surface area (Å²) >= 11 is 0. The van der Waals surface area contributed by atoms with Crippen molar-refractivity contribution in [2.75, 3.05) is 0 Å². The van der Waals surface area contributed by atoms with Gasteiger partial charge in [0.25, 0.3) is 0 Å². The highest BCUT2D eigenvalue weighted by Crippen LogP contribution is 2.22. The second-order valence-corrected chi connectivity index (χ2v) is 7.33. The number of aryl methyl sites for hydroxylation is 3. The van der Waals surface area contributed by atoms with Crippen molar-refractivity contribution in [3.8, 4) is 11.5 Å². The van der Waals surface area contributed by atoms with Crippen LogP contribution in [0.4, 0.5) is 0 Å². The van der Waals surface area contributed by atoms with Gasteiger partial charge in [-0.1, -0.05) is 67.9 Å². The highest BCUT2D eigenvalue weighted by molar-refractivity contribution is 6.63. The van der Waals surface area contributed by atoms with Crippen molar-refractivity contribution in [1.29, 1.82) is 0 Å². The van der Waals surface area contributed by atoms with Gasteiger partial charge in [0.1, 0.15) is 11.5 Å². The van der Waals surface area contributed by atoms with E-state index in [1.165, 1.54) is 24.0 Å². The Hall–Kier alpha value is -2.68. The van der Waals surface area contributed by atoms with Crippen molar-refractivity contribution in [3.05, 3.63) is 89.0 Å².